The number of aromatic nitrogens is 1. The molecule has 3 aromatic heterocycles. The summed E-state index contributed by atoms with van der Waals surface area (Å²) >= 11 is 2.87. The maximum atomic E-state index is 13.5. The molecule has 4 heterocycles. The van der Waals surface area contributed by atoms with Crippen molar-refractivity contribution < 1.29 is 14.0 Å². The summed E-state index contributed by atoms with van der Waals surface area (Å²) in [4.78, 5) is 33.0. The van der Waals surface area contributed by atoms with Gasteiger partial charge in [0, 0.05) is 35.6 Å². The highest BCUT2D eigenvalue weighted by molar-refractivity contribution is 7.17. The fourth-order valence-corrected chi connectivity index (χ4v) is 5.45. The van der Waals surface area contributed by atoms with Gasteiger partial charge in [-0.2, -0.15) is 11.3 Å². The van der Waals surface area contributed by atoms with Crippen molar-refractivity contribution in [3.8, 4) is 22.0 Å². The van der Waals surface area contributed by atoms with Gasteiger partial charge in [-0.25, -0.2) is 4.98 Å². The number of amides is 2. The molecular weight excluding hydrogens is 442 g/mol. The first-order chi connectivity index (χ1) is 15.7. The lowest BCUT2D eigenvalue weighted by Crippen LogP contribution is -2.46. The zero-order chi connectivity index (χ0) is 21.9. The van der Waals surface area contributed by atoms with Gasteiger partial charge in [-0.1, -0.05) is 30.3 Å². The Balaban J connectivity index is 1.33. The Kier molecular flexibility index (Phi) is 5.87. The van der Waals surface area contributed by atoms with Crippen LogP contribution in [0.3, 0.4) is 0 Å². The molecule has 1 aliphatic rings. The number of thiophene rings is 1. The van der Waals surface area contributed by atoms with Crippen LogP contribution >= 0.6 is 22.7 Å². The van der Waals surface area contributed by atoms with Gasteiger partial charge in [-0.15, -0.1) is 11.3 Å². The van der Waals surface area contributed by atoms with Gasteiger partial charge >= 0.3 is 0 Å². The van der Waals surface area contributed by atoms with Crippen molar-refractivity contribution >= 4 is 34.5 Å². The average Bonchev–Trinajstić information content (AvgIpc) is 3.61. The van der Waals surface area contributed by atoms with Gasteiger partial charge in [0.2, 0.25) is 0 Å². The van der Waals surface area contributed by atoms with Crippen molar-refractivity contribution in [2.24, 2.45) is 0 Å². The van der Waals surface area contributed by atoms with Gasteiger partial charge in [0.05, 0.1) is 12.0 Å². The van der Waals surface area contributed by atoms with Gasteiger partial charge in [-0.05, 0) is 36.4 Å². The van der Waals surface area contributed by atoms with E-state index in [2.05, 4.69) is 5.32 Å². The van der Waals surface area contributed by atoms with Crippen molar-refractivity contribution in [1.29, 1.82) is 0 Å². The summed E-state index contributed by atoms with van der Waals surface area (Å²) in [5.41, 5.74) is 2.28. The SMILES string of the molecule is O=C(NC1CCN(C(=O)c2sc(-c3ccco3)nc2-c2ccccc2)CC1)c1ccsc1. The molecule has 0 aliphatic carbocycles. The third kappa shape index (κ3) is 4.24. The molecule has 1 aromatic carbocycles. The molecule has 0 atom stereocenters. The molecule has 8 heteroatoms. The summed E-state index contributed by atoms with van der Waals surface area (Å²) in [5.74, 6) is 0.579. The third-order valence-electron chi connectivity index (χ3n) is 5.50. The second kappa shape index (κ2) is 9.10. The lowest BCUT2D eigenvalue weighted by atomic mass is 10.0. The van der Waals surface area contributed by atoms with Crippen LogP contribution < -0.4 is 5.32 Å². The van der Waals surface area contributed by atoms with Crippen LogP contribution in [0.4, 0.5) is 0 Å². The Morgan fingerprint density at radius 1 is 1.06 bits per heavy atom. The number of hydrogen-bond acceptors (Lipinski definition) is 6. The normalized spacial score (nSPS) is 14.4. The molecule has 0 bridgehead atoms. The van der Waals surface area contributed by atoms with E-state index in [1.54, 1.807) is 6.26 Å². The monoisotopic (exact) mass is 463 g/mol. The van der Waals surface area contributed by atoms with E-state index in [-0.39, 0.29) is 17.9 Å². The lowest BCUT2D eigenvalue weighted by Gasteiger charge is -2.32. The van der Waals surface area contributed by atoms with Crippen LogP contribution in [0.15, 0.2) is 70.0 Å². The summed E-state index contributed by atoms with van der Waals surface area (Å²) in [7, 11) is 0. The van der Waals surface area contributed by atoms with Gasteiger partial charge in [0.25, 0.3) is 11.8 Å². The number of hydrogen-bond donors (Lipinski definition) is 1. The zero-order valence-corrected chi connectivity index (χ0v) is 18.8. The van der Waals surface area contributed by atoms with Gasteiger partial charge in [0.15, 0.2) is 10.8 Å². The number of carbonyl (C=O) groups is 2. The smallest absolute Gasteiger partial charge is 0.266 e. The number of nitrogens with one attached hydrogen (secondary N) is 1. The maximum absolute atomic E-state index is 13.5. The number of rotatable bonds is 5. The number of likely N-dealkylation sites (tertiary alicyclic amines) is 1. The highest BCUT2D eigenvalue weighted by Gasteiger charge is 2.29. The number of piperidine rings is 1. The molecule has 1 N–H and O–H groups in total. The summed E-state index contributed by atoms with van der Waals surface area (Å²) < 4.78 is 5.51. The van der Waals surface area contributed by atoms with E-state index >= 15 is 0 Å². The average molecular weight is 464 g/mol. The molecule has 1 aliphatic heterocycles. The minimum atomic E-state index is -0.0482. The van der Waals surface area contributed by atoms with Crippen LogP contribution in [-0.2, 0) is 0 Å². The number of furan rings is 1. The highest BCUT2D eigenvalue weighted by atomic mass is 32.1. The molecule has 5 rings (SSSR count). The van der Waals surface area contributed by atoms with Crippen molar-refractivity contribution in [1.82, 2.24) is 15.2 Å². The first kappa shape index (κ1) is 20.7. The van der Waals surface area contributed by atoms with E-state index in [1.165, 1.54) is 22.7 Å². The second-order valence-electron chi connectivity index (χ2n) is 7.59. The maximum Gasteiger partial charge on any atom is 0.266 e. The molecule has 2 amide bonds. The summed E-state index contributed by atoms with van der Waals surface area (Å²) in [6, 6.07) is 15.3. The summed E-state index contributed by atoms with van der Waals surface area (Å²) in [5, 5.41) is 7.52. The third-order valence-corrected chi connectivity index (χ3v) is 7.24. The fraction of sp³-hybridized carbons (Fsp3) is 0.208. The van der Waals surface area contributed by atoms with E-state index in [4.69, 9.17) is 9.40 Å². The molecule has 32 heavy (non-hydrogen) atoms. The zero-order valence-electron chi connectivity index (χ0n) is 17.2. The Hall–Kier alpha value is -3.23. The molecule has 162 valence electrons. The highest BCUT2D eigenvalue weighted by Crippen LogP contribution is 2.35. The van der Waals surface area contributed by atoms with E-state index in [0.29, 0.717) is 40.0 Å². The fourth-order valence-electron chi connectivity index (χ4n) is 3.80. The predicted octanol–water partition coefficient (Wildman–Crippen LogP) is 5.17. The van der Waals surface area contributed by atoms with Gasteiger partial charge in [-0.3, -0.25) is 9.59 Å². The predicted molar refractivity (Wildman–Crippen MR) is 126 cm³/mol. The minimum absolute atomic E-state index is 0.0261. The van der Waals surface area contributed by atoms with Crippen molar-refractivity contribution in [2.75, 3.05) is 13.1 Å². The molecule has 6 nitrogen and oxygen atoms in total. The lowest BCUT2D eigenvalue weighted by molar-refractivity contribution is 0.0703. The van der Waals surface area contributed by atoms with Crippen molar-refractivity contribution in [3.63, 3.8) is 0 Å². The van der Waals surface area contributed by atoms with Crippen LogP contribution in [-0.4, -0.2) is 40.8 Å². The van der Waals surface area contributed by atoms with Crippen LogP contribution in [0.2, 0.25) is 0 Å². The minimum Gasteiger partial charge on any atom is -0.462 e. The van der Waals surface area contributed by atoms with Crippen LogP contribution in [0, 0.1) is 0 Å². The molecule has 1 fully saturated rings. The van der Waals surface area contributed by atoms with E-state index < -0.39 is 0 Å². The van der Waals surface area contributed by atoms with Crippen molar-refractivity contribution in [2.45, 2.75) is 18.9 Å². The molecule has 1 saturated heterocycles. The number of carbonyl (C=O) groups excluding carboxylic acids is 2. The van der Waals surface area contributed by atoms with E-state index in [0.717, 1.165) is 18.4 Å². The largest absolute Gasteiger partial charge is 0.462 e. The summed E-state index contributed by atoms with van der Waals surface area (Å²) in [6.07, 6.45) is 3.06. The van der Waals surface area contributed by atoms with Gasteiger partial charge in [0.1, 0.15) is 4.88 Å². The first-order valence-electron chi connectivity index (χ1n) is 10.4. The van der Waals surface area contributed by atoms with Gasteiger partial charge < -0.3 is 14.6 Å². The Bertz CT molecular complexity index is 1190. The Morgan fingerprint density at radius 2 is 1.88 bits per heavy atom. The van der Waals surface area contributed by atoms with Crippen LogP contribution in [0.1, 0.15) is 32.9 Å². The summed E-state index contributed by atoms with van der Waals surface area (Å²) in [6.45, 7) is 1.19. The Morgan fingerprint density at radius 3 is 2.56 bits per heavy atom. The molecule has 4 aromatic rings. The second-order valence-corrected chi connectivity index (χ2v) is 9.37. The molecule has 0 radical (unpaired) electrons. The molecule has 0 spiro atoms. The number of benzene rings is 1. The van der Waals surface area contributed by atoms with E-state index in [1.807, 2.05) is 64.2 Å². The standard InChI is InChI=1S/C24H21N3O3S2/c28-22(17-10-14-31-15-17)25-18-8-11-27(12-9-18)24(29)21-20(16-5-2-1-3-6-16)26-23(32-21)19-7-4-13-30-19/h1-7,10,13-15,18H,8-9,11-12H2,(H,25,28). The first-order valence-corrected chi connectivity index (χ1v) is 12.2. The van der Waals surface area contributed by atoms with E-state index in [9.17, 15) is 9.59 Å². The quantitative estimate of drug-likeness (QED) is 0.443. The van der Waals surface area contributed by atoms with Crippen molar-refractivity contribution in [3.05, 3.63) is 76.0 Å². The topological polar surface area (TPSA) is 75.4 Å². The Labute approximate surface area is 193 Å². The number of thiazole rings is 1. The molecular formula is C24H21N3O3S2. The number of nitrogens with zero attached hydrogens (tertiary/aromatic N) is 2. The molecule has 0 unspecified atom stereocenters. The van der Waals surface area contributed by atoms with Crippen LogP contribution in [0.5, 0.6) is 0 Å². The molecule has 0 saturated carbocycles. The van der Waals surface area contributed by atoms with Crippen LogP contribution in [0.25, 0.3) is 22.0 Å².